The number of aromatic amines is 1. The van der Waals surface area contributed by atoms with E-state index < -0.39 is 0 Å². The predicted octanol–water partition coefficient (Wildman–Crippen LogP) is 2.53. The zero-order valence-corrected chi connectivity index (χ0v) is 10.9. The first-order valence-electron chi connectivity index (χ1n) is 6.19. The normalized spacial score (nSPS) is 10.9. The van der Waals surface area contributed by atoms with Crippen LogP contribution in [-0.2, 0) is 6.54 Å². The molecule has 0 unspecified atom stereocenters. The van der Waals surface area contributed by atoms with Crippen molar-refractivity contribution in [2.45, 2.75) is 6.54 Å². The van der Waals surface area contributed by atoms with Gasteiger partial charge in [0.05, 0.1) is 24.7 Å². The highest BCUT2D eigenvalue weighted by molar-refractivity contribution is 5.77. The van der Waals surface area contributed by atoms with Crippen LogP contribution < -0.4 is 10.4 Å². The SMILES string of the molecule is COc1ccc2[nH]c(=O)n(Cc3ccccc3F)c2c1. The topological polar surface area (TPSA) is 47.0 Å². The number of rotatable bonds is 3. The van der Waals surface area contributed by atoms with Crippen molar-refractivity contribution in [2.75, 3.05) is 7.11 Å². The number of fused-ring (bicyclic) bond motifs is 1. The molecule has 0 bridgehead atoms. The Morgan fingerprint density at radius 2 is 2.05 bits per heavy atom. The maximum Gasteiger partial charge on any atom is 0.326 e. The minimum atomic E-state index is -0.323. The largest absolute Gasteiger partial charge is 0.497 e. The van der Waals surface area contributed by atoms with Gasteiger partial charge < -0.3 is 9.72 Å². The quantitative estimate of drug-likeness (QED) is 0.796. The van der Waals surface area contributed by atoms with E-state index in [0.717, 1.165) is 0 Å². The van der Waals surface area contributed by atoms with Crippen LogP contribution in [0.5, 0.6) is 5.75 Å². The zero-order valence-electron chi connectivity index (χ0n) is 10.9. The van der Waals surface area contributed by atoms with Crippen LogP contribution in [0.15, 0.2) is 47.3 Å². The van der Waals surface area contributed by atoms with Gasteiger partial charge in [0.15, 0.2) is 0 Å². The van der Waals surface area contributed by atoms with Gasteiger partial charge in [0.25, 0.3) is 0 Å². The standard InChI is InChI=1S/C15H13FN2O2/c1-20-11-6-7-13-14(8-11)18(15(19)17-13)9-10-4-2-3-5-12(10)16/h2-8H,9H2,1H3,(H,17,19). The van der Waals surface area contributed by atoms with E-state index in [4.69, 9.17) is 4.74 Å². The van der Waals surface area contributed by atoms with Crippen LogP contribution in [0.1, 0.15) is 5.56 Å². The maximum atomic E-state index is 13.7. The van der Waals surface area contributed by atoms with Gasteiger partial charge in [-0.15, -0.1) is 0 Å². The first kappa shape index (κ1) is 12.5. The predicted molar refractivity (Wildman–Crippen MR) is 74.6 cm³/mol. The molecule has 3 aromatic rings. The summed E-state index contributed by atoms with van der Waals surface area (Å²) in [5.41, 5.74) is 1.60. The summed E-state index contributed by atoms with van der Waals surface area (Å²) in [5.74, 6) is 0.329. The summed E-state index contributed by atoms with van der Waals surface area (Å²) in [4.78, 5) is 14.7. The molecule has 0 radical (unpaired) electrons. The Kier molecular flexibility index (Phi) is 3.02. The molecular formula is C15H13FN2O2. The number of halogens is 1. The van der Waals surface area contributed by atoms with Gasteiger partial charge in [0.2, 0.25) is 0 Å². The fraction of sp³-hybridized carbons (Fsp3) is 0.133. The summed E-state index contributed by atoms with van der Waals surface area (Å²) in [5, 5.41) is 0. The fourth-order valence-corrected chi connectivity index (χ4v) is 2.21. The van der Waals surface area contributed by atoms with E-state index in [9.17, 15) is 9.18 Å². The number of imidazole rings is 1. The van der Waals surface area contributed by atoms with E-state index in [-0.39, 0.29) is 18.1 Å². The van der Waals surface area contributed by atoms with Crippen molar-refractivity contribution in [3.8, 4) is 5.75 Å². The lowest BCUT2D eigenvalue weighted by molar-refractivity contribution is 0.415. The lowest BCUT2D eigenvalue weighted by atomic mass is 10.2. The first-order valence-corrected chi connectivity index (χ1v) is 6.19. The van der Waals surface area contributed by atoms with E-state index in [1.807, 2.05) is 0 Å². The number of nitrogens with zero attached hydrogens (tertiary/aromatic N) is 1. The Bertz CT molecular complexity index is 820. The van der Waals surface area contributed by atoms with Crippen molar-refractivity contribution in [2.24, 2.45) is 0 Å². The molecule has 0 aliphatic rings. The molecule has 1 aromatic heterocycles. The number of hydrogen-bond donors (Lipinski definition) is 1. The molecule has 3 rings (SSSR count). The molecule has 0 amide bonds. The van der Waals surface area contributed by atoms with Gasteiger partial charge in [-0.3, -0.25) is 4.57 Å². The second-order valence-corrected chi connectivity index (χ2v) is 4.49. The molecule has 0 spiro atoms. The molecular weight excluding hydrogens is 259 g/mol. The molecule has 4 nitrogen and oxygen atoms in total. The number of H-pyrrole nitrogens is 1. The smallest absolute Gasteiger partial charge is 0.326 e. The van der Waals surface area contributed by atoms with Crippen molar-refractivity contribution >= 4 is 11.0 Å². The number of methoxy groups -OCH3 is 1. The molecule has 1 N–H and O–H groups in total. The average molecular weight is 272 g/mol. The third kappa shape index (κ3) is 2.07. The molecule has 2 aromatic carbocycles. The van der Waals surface area contributed by atoms with Gasteiger partial charge in [-0.1, -0.05) is 18.2 Å². The third-order valence-corrected chi connectivity index (χ3v) is 3.27. The Balaban J connectivity index is 2.13. The highest BCUT2D eigenvalue weighted by Gasteiger charge is 2.10. The highest BCUT2D eigenvalue weighted by atomic mass is 19.1. The average Bonchev–Trinajstić information content (AvgIpc) is 2.77. The van der Waals surface area contributed by atoms with Crippen LogP contribution in [0.2, 0.25) is 0 Å². The molecule has 0 atom stereocenters. The Morgan fingerprint density at radius 3 is 2.80 bits per heavy atom. The second kappa shape index (κ2) is 4.85. The van der Waals surface area contributed by atoms with Gasteiger partial charge >= 0.3 is 5.69 Å². The van der Waals surface area contributed by atoms with Crippen molar-refractivity contribution in [3.63, 3.8) is 0 Å². The van der Waals surface area contributed by atoms with Gasteiger partial charge in [0, 0.05) is 11.6 Å². The van der Waals surface area contributed by atoms with Gasteiger partial charge in [-0.05, 0) is 18.2 Å². The van der Waals surface area contributed by atoms with Crippen LogP contribution in [0.3, 0.4) is 0 Å². The Labute approximate surface area is 114 Å². The number of hydrogen-bond acceptors (Lipinski definition) is 2. The number of ether oxygens (including phenoxy) is 1. The third-order valence-electron chi connectivity index (χ3n) is 3.27. The van der Waals surface area contributed by atoms with Crippen LogP contribution in [0, 0.1) is 5.82 Å². The number of benzene rings is 2. The minimum absolute atomic E-state index is 0.179. The molecule has 0 saturated carbocycles. The van der Waals surface area contributed by atoms with Crippen LogP contribution in [0.4, 0.5) is 4.39 Å². The van der Waals surface area contributed by atoms with Gasteiger partial charge in [-0.25, -0.2) is 9.18 Å². The second-order valence-electron chi connectivity index (χ2n) is 4.49. The Hall–Kier alpha value is -2.56. The minimum Gasteiger partial charge on any atom is -0.497 e. The summed E-state index contributed by atoms with van der Waals surface area (Å²) < 4.78 is 20.4. The zero-order chi connectivity index (χ0) is 14.1. The molecule has 0 fully saturated rings. The van der Waals surface area contributed by atoms with Crippen molar-refractivity contribution in [3.05, 3.63) is 64.3 Å². The Morgan fingerprint density at radius 1 is 1.25 bits per heavy atom. The van der Waals surface area contributed by atoms with E-state index in [0.29, 0.717) is 22.3 Å². The van der Waals surface area contributed by atoms with Crippen LogP contribution in [0.25, 0.3) is 11.0 Å². The van der Waals surface area contributed by atoms with E-state index in [1.54, 1.807) is 43.5 Å². The van der Waals surface area contributed by atoms with Gasteiger partial charge in [-0.2, -0.15) is 0 Å². The van der Waals surface area contributed by atoms with E-state index in [1.165, 1.54) is 10.6 Å². The molecule has 20 heavy (non-hydrogen) atoms. The van der Waals surface area contributed by atoms with E-state index in [2.05, 4.69) is 4.98 Å². The molecule has 1 heterocycles. The summed E-state index contributed by atoms with van der Waals surface area (Å²) in [6.45, 7) is 0.179. The number of aromatic nitrogens is 2. The lowest BCUT2D eigenvalue weighted by Crippen LogP contribution is -2.17. The summed E-state index contributed by atoms with van der Waals surface area (Å²) in [6, 6.07) is 11.7. The lowest BCUT2D eigenvalue weighted by Gasteiger charge is -2.06. The van der Waals surface area contributed by atoms with E-state index >= 15 is 0 Å². The van der Waals surface area contributed by atoms with Gasteiger partial charge in [0.1, 0.15) is 11.6 Å². The summed E-state index contributed by atoms with van der Waals surface area (Å²) in [7, 11) is 1.56. The molecule has 5 heteroatoms. The monoisotopic (exact) mass is 272 g/mol. The summed E-state index contributed by atoms with van der Waals surface area (Å²) in [6.07, 6.45) is 0. The van der Waals surface area contributed by atoms with Crippen molar-refractivity contribution in [1.29, 1.82) is 0 Å². The maximum absolute atomic E-state index is 13.7. The molecule has 0 aliphatic heterocycles. The van der Waals surface area contributed by atoms with Crippen molar-refractivity contribution < 1.29 is 9.13 Å². The molecule has 0 saturated heterocycles. The van der Waals surface area contributed by atoms with Crippen LogP contribution >= 0.6 is 0 Å². The highest BCUT2D eigenvalue weighted by Crippen LogP contribution is 2.19. The fourth-order valence-electron chi connectivity index (χ4n) is 2.21. The molecule has 102 valence electrons. The van der Waals surface area contributed by atoms with Crippen molar-refractivity contribution in [1.82, 2.24) is 9.55 Å². The molecule has 0 aliphatic carbocycles. The van der Waals surface area contributed by atoms with Crippen LogP contribution in [-0.4, -0.2) is 16.7 Å². The first-order chi connectivity index (χ1) is 9.69. The number of nitrogens with one attached hydrogen (secondary N) is 1. The summed E-state index contributed by atoms with van der Waals surface area (Å²) >= 11 is 0.